The van der Waals surface area contributed by atoms with Crippen molar-refractivity contribution in [1.29, 1.82) is 0 Å². The van der Waals surface area contributed by atoms with Gasteiger partial charge in [-0.3, -0.25) is 14.4 Å². The molecule has 1 aromatic carbocycles. The highest BCUT2D eigenvalue weighted by Gasteiger charge is 2.30. The van der Waals surface area contributed by atoms with Gasteiger partial charge in [-0.1, -0.05) is 93.0 Å². The number of carboxylic acid groups (broad SMARTS) is 1. The van der Waals surface area contributed by atoms with Crippen molar-refractivity contribution >= 4 is 29.1 Å². The molecule has 0 saturated heterocycles. The number of Topliss-reactive ketones (excluding diaryl/α,β-unsaturated/α-hetero) is 2. The zero-order valence-corrected chi connectivity index (χ0v) is 20.4. The van der Waals surface area contributed by atoms with Crippen molar-refractivity contribution in [1.82, 2.24) is 0 Å². The maximum Gasteiger partial charge on any atom is 0.303 e. The Hall–Kier alpha value is -2.20. The second-order valence-corrected chi connectivity index (χ2v) is 9.21. The molecule has 1 aliphatic rings. The summed E-state index contributed by atoms with van der Waals surface area (Å²) in [4.78, 5) is 35.5. The molecule has 180 valence electrons. The number of rotatable bonds is 17. The number of hydrogen-bond donors (Lipinski definition) is 1. The van der Waals surface area contributed by atoms with E-state index < -0.39 is 5.97 Å². The number of fused-ring (bicyclic) bond motifs is 1. The van der Waals surface area contributed by atoms with Gasteiger partial charge in [0.25, 0.3) is 0 Å². The topological polar surface area (TPSA) is 71.4 Å². The maximum atomic E-state index is 12.7. The number of aliphatic carboxylic acids is 1. The minimum atomic E-state index is -0.694. The lowest BCUT2D eigenvalue weighted by molar-refractivity contribution is -0.137. The Morgan fingerprint density at radius 1 is 0.727 bits per heavy atom. The molecule has 0 saturated carbocycles. The number of ketones is 2. The van der Waals surface area contributed by atoms with Crippen molar-refractivity contribution in [2.45, 2.75) is 96.3 Å². The number of carboxylic acids is 1. The van der Waals surface area contributed by atoms with Gasteiger partial charge < -0.3 is 5.11 Å². The third-order valence-corrected chi connectivity index (χ3v) is 6.53. The SMILES string of the molecule is O=C(O)CCCCCCC/C=C\CCCCCCCCC1=C(Cl)C(=O)c2ccccc2C1=O. The van der Waals surface area contributed by atoms with E-state index in [0.717, 1.165) is 51.4 Å². The number of unbranched alkanes of at least 4 members (excludes halogenated alkanes) is 11. The van der Waals surface area contributed by atoms with Crippen molar-refractivity contribution in [3.63, 3.8) is 0 Å². The molecule has 0 spiro atoms. The number of carbonyl (C=O) groups excluding carboxylic acids is 2. The Morgan fingerprint density at radius 3 is 1.79 bits per heavy atom. The van der Waals surface area contributed by atoms with Crippen LogP contribution in [0.5, 0.6) is 0 Å². The summed E-state index contributed by atoms with van der Waals surface area (Å²) < 4.78 is 0. The molecule has 0 atom stereocenters. The van der Waals surface area contributed by atoms with Crippen LogP contribution in [0, 0.1) is 0 Å². The first-order valence-electron chi connectivity index (χ1n) is 12.5. The predicted octanol–water partition coefficient (Wildman–Crippen LogP) is 8.05. The fourth-order valence-electron chi connectivity index (χ4n) is 4.20. The average molecular weight is 473 g/mol. The average Bonchev–Trinajstić information content (AvgIpc) is 2.81. The monoisotopic (exact) mass is 472 g/mol. The summed E-state index contributed by atoms with van der Waals surface area (Å²) in [5, 5.41) is 8.69. The summed E-state index contributed by atoms with van der Waals surface area (Å²) in [6.07, 6.45) is 19.6. The lowest BCUT2D eigenvalue weighted by Crippen LogP contribution is -2.19. The first kappa shape index (κ1) is 27.0. The predicted molar refractivity (Wildman–Crippen MR) is 134 cm³/mol. The maximum absolute atomic E-state index is 12.7. The van der Waals surface area contributed by atoms with Crippen molar-refractivity contribution in [3.05, 3.63) is 58.1 Å². The van der Waals surface area contributed by atoms with Crippen LogP contribution in [0.4, 0.5) is 0 Å². The molecule has 0 aromatic heterocycles. The van der Waals surface area contributed by atoms with Crippen LogP contribution >= 0.6 is 11.6 Å². The quantitative estimate of drug-likeness (QED) is 0.184. The van der Waals surface area contributed by atoms with Gasteiger partial charge in [-0.25, -0.2) is 0 Å². The van der Waals surface area contributed by atoms with E-state index >= 15 is 0 Å². The van der Waals surface area contributed by atoms with Crippen molar-refractivity contribution in [3.8, 4) is 0 Å². The molecule has 0 heterocycles. The molecule has 0 radical (unpaired) electrons. The van der Waals surface area contributed by atoms with Crippen LogP contribution in [0.2, 0.25) is 0 Å². The Labute approximate surface area is 203 Å². The fourth-order valence-corrected chi connectivity index (χ4v) is 4.48. The van der Waals surface area contributed by atoms with Crippen molar-refractivity contribution < 1.29 is 19.5 Å². The molecule has 0 amide bonds. The molecule has 33 heavy (non-hydrogen) atoms. The van der Waals surface area contributed by atoms with Gasteiger partial charge in [0.15, 0.2) is 5.78 Å². The Kier molecular flexibility index (Phi) is 12.8. The molecule has 4 nitrogen and oxygen atoms in total. The highest BCUT2D eigenvalue weighted by Crippen LogP contribution is 2.31. The second-order valence-electron chi connectivity index (χ2n) is 8.83. The normalized spacial score (nSPS) is 13.7. The minimum Gasteiger partial charge on any atom is -0.481 e. The Morgan fingerprint density at radius 2 is 1.21 bits per heavy atom. The lowest BCUT2D eigenvalue weighted by Gasteiger charge is -2.17. The van der Waals surface area contributed by atoms with Crippen LogP contribution in [0.1, 0.15) is 117 Å². The van der Waals surface area contributed by atoms with E-state index in [-0.39, 0.29) is 16.6 Å². The van der Waals surface area contributed by atoms with Crippen LogP contribution < -0.4 is 0 Å². The van der Waals surface area contributed by atoms with Gasteiger partial charge in [-0.2, -0.15) is 0 Å². The smallest absolute Gasteiger partial charge is 0.303 e. The number of benzene rings is 1. The van der Waals surface area contributed by atoms with Crippen molar-refractivity contribution in [2.24, 2.45) is 0 Å². The molecule has 1 N–H and O–H groups in total. The van der Waals surface area contributed by atoms with Crippen molar-refractivity contribution in [2.75, 3.05) is 0 Å². The highest BCUT2D eigenvalue weighted by atomic mass is 35.5. The Balaban J connectivity index is 1.46. The van der Waals surface area contributed by atoms with Crippen LogP contribution in [-0.2, 0) is 4.79 Å². The molecule has 0 bridgehead atoms. The summed E-state index contributed by atoms with van der Waals surface area (Å²) in [5.74, 6) is -1.02. The van der Waals surface area contributed by atoms with E-state index in [1.54, 1.807) is 24.3 Å². The number of carbonyl (C=O) groups is 3. The van der Waals surface area contributed by atoms with Crippen LogP contribution in [-0.4, -0.2) is 22.6 Å². The molecule has 0 fully saturated rings. The third kappa shape index (κ3) is 9.67. The second kappa shape index (κ2) is 15.6. The van der Waals surface area contributed by atoms with Crippen LogP contribution in [0.25, 0.3) is 0 Å². The number of hydrogen-bond acceptors (Lipinski definition) is 3. The highest BCUT2D eigenvalue weighted by molar-refractivity contribution is 6.50. The molecule has 1 aliphatic carbocycles. The van der Waals surface area contributed by atoms with Gasteiger partial charge in [-0.05, 0) is 44.9 Å². The Bertz CT molecular complexity index is 853. The molecular weight excluding hydrogens is 436 g/mol. The van der Waals surface area contributed by atoms with E-state index in [1.807, 2.05) is 0 Å². The number of allylic oxidation sites excluding steroid dienone is 4. The van der Waals surface area contributed by atoms with E-state index in [1.165, 1.54) is 32.1 Å². The summed E-state index contributed by atoms with van der Waals surface area (Å²) in [6, 6.07) is 6.91. The first-order valence-corrected chi connectivity index (χ1v) is 12.8. The van der Waals surface area contributed by atoms with Gasteiger partial charge in [-0.15, -0.1) is 0 Å². The largest absolute Gasteiger partial charge is 0.481 e. The van der Waals surface area contributed by atoms with E-state index in [0.29, 0.717) is 29.5 Å². The number of halogens is 1. The van der Waals surface area contributed by atoms with Gasteiger partial charge in [0.1, 0.15) is 0 Å². The molecule has 0 unspecified atom stereocenters. The minimum absolute atomic E-state index is 0.0971. The fraction of sp³-hybridized carbons (Fsp3) is 0.536. The first-order chi connectivity index (χ1) is 16.0. The molecule has 1 aromatic rings. The summed E-state index contributed by atoms with van der Waals surface area (Å²) >= 11 is 6.22. The van der Waals surface area contributed by atoms with Gasteiger partial charge in [0, 0.05) is 23.1 Å². The standard InChI is InChI=1S/C28H37ClO4/c29-26-24(27(32)22-18-16-17-19-23(22)28(26)33)20-14-12-10-8-6-4-2-1-3-5-7-9-11-13-15-21-25(30)31/h1,3,16-19H,2,4-15,20-21H2,(H,30,31)/b3-1-. The van der Waals surface area contributed by atoms with E-state index in [2.05, 4.69) is 12.2 Å². The van der Waals surface area contributed by atoms with Gasteiger partial charge >= 0.3 is 5.97 Å². The summed E-state index contributed by atoms with van der Waals surface area (Å²) in [7, 11) is 0. The zero-order valence-electron chi connectivity index (χ0n) is 19.6. The third-order valence-electron chi connectivity index (χ3n) is 6.13. The molecular formula is C28H37ClO4. The molecule has 0 aliphatic heterocycles. The lowest BCUT2D eigenvalue weighted by atomic mass is 9.87. The van der Waals surface area contributed by atoms with Crippen LogP contribution in [0.15, 0.2) is 47.0 Å². The van der Waals surface area contributed by atoms with E-state index in [9.17, 15) is 14.4 Å². The molecule has 5 heteroatoms. The van der Waals surface area contributed by atoms with Gasteiger partial charge in [0.05, 0.1) is 5.03 Å². The summed E-state index contributed by atoms with van der Waals surface area (Å²) in [5.41, 5.74) is 1.37. The summed E-state index contributed by atoms with van der Waals surface area (Å²) in [6.45, 7) is 0. The van der Waals surface area contributed by atoms with Crippen LogP contribution in [0.3, 0.4) is 0 Å². The zero-order chi connectivity index (χ0) is 23.9. The molecule has 2 rings (SSSR count). The van der Waals surface area contributed by atoms with Gasteiger partial charge in [0.2, 0.25) is 5.78 Å². The van der Waals surface area contributed by atoms with E-state index in [4.69, 9.17) is 16.7 Å².